The van der Waals surface area contributed by atoms with Gasteiger partial charge < -0.3 is 4.74 Å². The molecule has 0 aromatic heterocycles. The molecule has 0 radical (unpaired) electrons. The first-order chi connectivity index (χ1) is 7.15. The van der Waals surface area contributed by atoms with Gasteiger partial charge >= 0.3 is 5.97 Å². The molecule has 0 saturated heterocycles. The lowest BCUT2D eigenvalue weighted by Gasteiger charge is -2.10. The number of nitrogens with zero attached hydrogens (tertiary/aromatic N) is 1. The molecule has 0 unspecified atom stereocenters. The van der Waals surface area contributed by atoms with Gasteiger partial charge in [0.05, 0.1) is 7.11 Å². The molecule has 15 heavy (non-hydrogen) atoms. The number of nitro groups is 1. The fourth-order valence-corrected chi connectivity index (χ4v) is 1.29. The molecule has 0 aliphatic rings. The summed E-state index contributed by atoms with van der Waals surface area (Å²) in [5, 5.41) is 10.4. The van der Waals surface area contributed by atoms with Crippen molar-refractivity contribution in [3.63, 3.8) is 0 Å². The summed E-state index contributed by atoms with van der Waals surface area (Å²) in [5.74, 6) is -1.41. The van der Waals surface area contributed by atoms with Crippen LogP contribution in [0.15, 0.2) is 30.3 Å². The van der Waals surface area contributed by atoms with Crippen LogP contribution in [0, 0.1) is 10.1 Å². The number of carbonyl (C=O) groups excluding carboxylic acids is 1. The number of methoxy groups -OCH3 is 1. The molecule has 0 N–H and O–H groups in total. The molecule has 1 rings (SSSR count). The molecule has 1 aromatic rings. The number of carbonyl (C=O) groups is 1. The van der Waals surface area contributed by atoms with Crippen molar-refractivity contribution in [1.29, 1.82) is 0 Å². The number of hydrogen-bond donors (Lipinski definition) is 0. The monoisotopic (exact) mass is 209 g/mol. The Morgan fingerprint density at radius 2 is 2.07 bits per heavy atom. The zero-order valence-corrected chi connectivity index (χ0v) is 8.25. The lowest BCUT2D eigenvalue weighted by Crippen LogP contribution is -2.22. The summed E-state index contributed by atoms with van der Waals surface area (Å²) in [6, 6.07) is 8.58. The normalized spacial score (nSPS) is 11.8. The van der Waals surface area contributed by atoms with Crippen LogP contribution in [0.25, 0.3) is 0 Å². The number of ether oxygens (including phenoxy) is 1. The van der Waals surface area contributed by atoms with Crippen molar-refractivity contribution >= 4 is 5.97 Å². The van der Waals surface area contributed by atoms with E-state index in [0.717, 1.165) is 0 Å². The first-order valence-corrected chi connectivity index (χ1v) is 4.39. The van der Waals surface area contributed by atoms with E-state index in [2.05, 4.69) is 4.74 Å². The molecule has 0 amide bonds. The Hall–Kier alpha value is -1.91. The van der Waals surface area contributed by atoms with E-state index in [1.165, 1.54) is 7.11 Å². The second-order valence-corrected chi connectivity index (χ2v) is 3.00. The van der Waals surface area contributed by atoms with Gasteiger partial charge in [0.25, 0.3) is 0 Å². The summed E-state index contributed by atoms with van der Waals surface area (Å²) in [6.07, 6.45) is 0. The Morgan fingerprint density at radius 1 is 1.47 bits per heavy atom. The first kappa shape index (κ1) is 11.2. The average Bonchev–Trinajstić information content (AvgIpc) is 2.26. The second-order valence-electron chi connectivity index (χ2n) is 3.00. The summed E-state index contributed by atoms with van der Waals surface area (Å²) in [5.41, 5.74) is 0.598. The van der Waals surface area contributed by atoms with Gasteiger partial charge in [-0.05, 0) is 5.56 Å². The maximum absolute atomic E-state index is 11.3. The number of hydrogen-bond acceptors (Lipinski definition) is 4. The van der Waals surface area contributed by atoms with E-state index in [4.69, 9.17) is 0 Å². The Labute approximate surface area is 86.8 Å². The van der Waals surface area contributed by atoms with Crippen LogP contribution in [0.1, 0.15) is 11.5 Å². The highest BCUT2D eigenvalue weighted by Gasteiger charge is 2.26. The smallest absolute Gasteiger partial charge is 0.319 e. The van der Waals surface area contributed by atoms with Crippen LogP contribution < -0.4 is 0 Å². The van der Waals surface area contributed by atoms with Crippen LogP contribution in [0.3, 0.4) is 0 Å². The predicted molar refractivity (Wildman–Crippen MR) is 53.1 cm³/mol. The molecule has 5 heteroatoms. The minimum atomic E-state index is -0.828. The van der Waals surface area contributed by atoms with E-state index in [9.17, 15) is 14.9 Å². The van der Waals surface area contributed by atoms with Gasteiger partial charge in [0.15, 0.2) is 0 Å². The van der Waals surface area contributed by atoms with Crippen LogP contribution in [-0.2, 0) is 9.53 Å². The van der Waals surface area contributed by atoms with Crippen molar-refractivity contribution in [3.05, 3.63) is 46.0 Å². The van der Waals surface area contributed by atoms with E-state index >= 15 is 0 Å². The lowest BCUT2D eigenvalue weighted by atomic mass is 10.00. The number of esters is 1. The van der Waals surface area contributed by atoms with Crippen LogP contribution in [0.2, 0.25) is 0 Å². The van der Waals surface area contributed by atoms with Crippen LogP contribution in [-0.4, -0.2) is 24.5 Å². The van der Waals surface area contributed by atoms with Crippen molar-refractivity contribution in [2.75, 3.05) is 13.7 Å². The topological polar surface area (TPSA) is 69.4 Å². The van der Waals surface area contributed by atoms with Gasteiger partial charge in [0.1, 0.15) is 5.92 Å². The van der Waals surface area contributed by atoms with Crippen LogP contribution >= 0.6 is 0 Å². The Bertz CT molecular complexity index is 350. The van der Waals surface area contributed by atoms with Gasteiger partial charge in [-0.15, -0.1) is 0 Å². The van der Waals surface area contributed by atoms with Gasteiger partial charge in [-0.2, -0.15) is 0 Å². The van der Waals surface area contributed by atoms with Gasteiger partial charge in [0.2, 0.25) is 6.54 Å². The Morgan fingerprint density at radius 3 is 2.53 bits per heavy atom. The highest BCUT2D eigenvalue weighted by Crippen LogP contribution is 2.17. The van der Waals surface area contributed by atoms with E-state index in [1.807, 2.05) is 0 Å². The highest BCUT2D eigenvalue weighted by atomic mass is 16.6. The molecule has 0 saturated carbocycles. The highest BCUT2D eigenvalue weighted by molar-refractivity contribution is 5.78. The standard InChI is InChI=1S/C10H11NO4/c1-15-10(12)9(7-11(13)14)8-5-3-2-4-6-8/h2-6,9H,7H2,1H3/t9-/m1/s1. The first-order valence-electron chi connectivity index (χ1n) is 4.39. The Kier molecular flexibility index (Phi) is 3.79. The number of benzene rings is 1. The molecule has 0 fully saturated rings. The van der Waals surface area contributed by atoms with Gasteiger partial charge in [-0.3, -0.25) is 14.9 Å². The molecule has 1 atom stereocenters. The van der Waals surface area contributed by atoms with Crippen molar-refractivity contribution < 1.29 is 14.5 Å². The quantitative estimate of drug-likeness (QED) is 0.424. The molecular formula is C10H11NO4. The maximum Gasteiger partial charge on any atom is 0.319 e. The molecule has 0 aliphatic carbocycles. The minimum Gasteiger partial charge on any atom is -0.468 e. The SMILES string of the molecule is COC(=O)[C@H](C[N+](=O)[O-])c1ccccc1. The minimum absolute atomic E-state index is 0.448. The summed E-state index contributed by atoms with van der Waals surface area (Å²) in [7, 11) is 1.22. The van der Waals surface area contributed by atoms with E-state index < -0.39 is 23.4 Å². The van der Waals surface area contributed by atoms with Gasteiger partial charge in [0, 0.05) is 4.92 Å². The summed E-state index contributed by atoms with van der Waals surface area (Å²) in [4.78, 5) is 21.2. The molecule has 5 nitrogen and oxygen atoms in total. The largest absolute Gasteiger partial charge is 0.468 e. The molecule has 80 valence electrons. The lowest BCUT2D eigenvalue weighted by molar-refractivity contribution is -0.481. The van der Waals surface area contributed by atoms with Gasteiger partial charge in [-0.1, -0.05) is 30.3 Å². The van der Waals surface area contributed by atoms with E-state index in [1.54, 1.807) is 30.3 Å². The third-order valence-electron chi connectivity index (χ3n) is 2.02. The molecule has 0 spiro atoms. The van der Waals surface area contributed by atoms with Crippen molar-refractivity contribution in [1.82, 2.24) is 0 Å². The van der Waals surface area contributed by atoms with Crippen molar-refractivity contribution in [2.45, 2.75) is 5.92 Å². The molecule has 0 bridgehead atoms. The van der Waals surface area contributed by atoms with E-state index in [-0.39, 0.29) is 0 Å². The molecule has 0 heterocycles. The third-order valence-corrected chi connectivity index (χ3v) is 2.02. The van der Waals surface area contributed by atoms with E-state index in [0.29, 0.717) is 5.56 Å². The molecule has 1 aromatic carbocycles. The molecule has 0 aliphatic heterocycles. The third kappa shape index (κ3) is 3.05. The fraction of sp³-hybridized carbons (Fsp3) is 0.300. The van der Waals surface area contributed by atoms with Gasteiger partial charge in [-0.25, -0.2) is 0 Å². The average molecular weight is 209 g/mol. The van der Waals surface area contributed by atoms with Crippen molar-refractivity contribution in [3.8, 4) is 0 Å². The summed E-state index contributed by atoms with van der Waals surface area (Å²) in [6.45, 7) is -0.448. The predicted octanol–water partition coefficient (Wildman–Crippen LogP) is 1.22. The Balaban J connectivity index is 2.91. The second kappa shape index (κ2) is 5.09. The van der Waals surface area contributed by atoms with Crippen molar-refractivity contribution in [2.24, 2.45) is 0 Å². The van der Waals surface area contributed by atoms with Crippen LogP contribution in [0.4, 0.5) is 0 Å². The summed E-state index contributed by atoms with van der Waals surface area (Å²) >= 11 is 0. The number of rotatable bonds is 4. The zero-order valence-electron chi connectivity index (χ0n) is 8.25. The van der Waals surface area contributed by atoms with Crippen LogP contribution in [0.5, 0.6) is 0 Å². The fourth-order valence-electron chi connectivity index (χ4n) is 1.29. The maximum atomic E-state index is 11.3. The summed E-state index contributed by atoms with van der Waals surface area (Å²) < 4.78 is 4.52. The molecular weight excluding hydrogens is 198 g/mol. The zero-order chi connectivity index (χ0) is 11.3.